The molecule has 0 radical (unpaired) electrons. The van der Waals surface area contributed by atoms with Crippen LogP contribution in [0.15, 0.2) is 65.1 Å². The number of H-pyrrole nitrogens is 1. The molecule has 4 rings (SSSR count). The van der Waals surface area contributed by atoms with Gasteiger partial charge in [-0.2, -0.15) is 5.10 Å². The van der Waals surface area contributed by atoms with Gasteiger partial charge in [-0.3, -0.25) is 4.79 Å². The third kappa shape index (κ3) is 3.41. The Labute approximate surface area is 159 Å². The number of halogens is 1. The summed E-state index contributed by atoms with van der Waals surface area (Å²) in [7, 11) is 0. The highest BCUT2D eigenvalue weighted by molar-refractivity contribution is 9.10. The fourth-order valence-electron chi connectivity index (χ4n) is 2.93. The van der Waals surface area contributed by atoms with Gasteiger partial charge in [0.2, 0.25) is 0 Å². The van der Waals surface area contributed by atoms with Crippen LogP contribution in [0.3, 0.4) is 0 Å². The molecule has 2 aromatic heterocycles. The van der Waals surface area contributed by atoms with E-state index in [1.54, 1.807) is 0 Å². The van der Waals surface area contributed by atoms with Crippen molar-refractivity contribution in [2.45, 2.75) is 13.5 Å². The zero-order valence-electron chi connectivity index (χ0n) is 14.2. The predicted molar refractivity (Wildman–Crippen MR) is 106 cm³/mol. The number of rotatable bonds is 4. The molecule has 130 valence electrons. The second kappa shape index (κ2) is 6.80. The van der Waals surface area contributed by atoms with Crippen LogP contribution in [-0.4, -0.2) is 20.7 Å². The summed E-state index contributed by atoms with van der Waals surface area (Å²) in [5, 5.41) is 8.45. The minimum atomic E-state index is -0.188. The van der Waals surface area contributed by atoms with Gasteiger partial charge < -0.3 is 10.3 Å². The first-order valence-electron chi connectivity index (χ1n) is 8.26. The first-order chi connectivity index (χ1) is 12.6. The van der Waals surface area contributed by atoms with Gasteiger partial charge in [0.15, 0.2) is 0 Å². The third-order valence-corrected chi connectivity index (χ3v) is 4.64. The smallest absolute Gasteiger partial charge is 0.273 e. The van der Waals surface area contributed by atoms with Crippen molar-refractivity contribution in [3.63, 3.8) is 0 Å². The summed E-state index contributed by atoms with van der Waals surface area (Å²) >= 11 is 3.44. The van der Waals surface area contributed by atoms with E-state index in [0.29, 0.717) is 18.1 Å². The average molecular weight is 409 g/mol. The molecular weight excluding hydrogens is 392 g/mol. The van der Waals surface area contributed by atoms with Crippen LogP contribution in [0.1, 0.15) is 21.7 Å². The van der Waals surface area contributed by atoms with Gasteiger partial charge in [0, 0.05) is 21.4 Å². The van der Waals surface area contributed by atoms with Gasteiger partial charge in [-0.25, -0.2) is 4.68 Å². The number of aromatic amines is 1. The number of hydrogen-bond donors (Lipinski definition) is 2. The molecule has 6 heteroatoms. The number of fused-ring (bicyclic) bond motifs is 1. The maximum absolute atomic E-state index is 12.7. The number of benzene rings is 2. The molecule has 2 heterocycles. The fraction of sp³-hybridized carbons (Fsp3) is 0.100. The SMILES string of the molecule is Cc1cc(NC(=O)c2cc3ccc(Br)cc3[nH]2)n(Cc2ccccc2)n1. The highest BCUT2D eigenvalue weighted by Gasteiger charge is 2.14. The number of nitrogens with zero attached hydrogens (tertiary/aromatic N) is 2. The summed E-state index contributed by atoms with van der Waals surface area (Å²) in [5.74, 6) is 0.489. The Hall–Kier alpha value is -2.86. The molecule has 26 heavy (non-hydrogen) atoms. The first-order valence-corrected chi connectivity index (χ1v) is 9.06. The van der Waals surface area contributed by atoms with Gasteiger partial charge >= 0.3 is 0 Å². The molecule has 0 saturated carbocycles. The quantitative estimate of drug-likeness (QED) is 0.512. The second-order valence-corrected chi connectivity index (χ2v) is 7.10. The van der Waals surface area contributed by atoms with E-state index in [0.717, 1.165) is 26.6 Å². The number of aryl methyl sites for hydroxylation is 1. The first kappa shape index (κ1) is 16.6. The van der Waals surface area contributed by atoms with Gasteiger partial charge in [0.1, 0.15) is 11.5 Å². The number of anilines is 1. The highest BCUT2D eigenvalue weighted by atomic mass is 79.9. The zero-order valence-corrected chi connectivity index (χ0v) is 15.7. The lowest BCUT2D eigenvalue weighted by Crippen LogP contribution is -2.16. The van der Waals surface area contributed by atoms with Crippen molar-refractivity contribution in [3.8, 4) is 0 Å². The molecule has 0 bridgehead atoms. The third-order valence-electron chi connectivity index (χ3n) is 4.15. The molecule has 0 fully saturated rings. The van der Waals surface area contributed by atoms with Gasteiger partial charge in [0.25, 0.3) is 5.91 Å². The van der Waals surface area contributed by atoms with Crippen molar-refractivity contribution < 1.29 is 4.79 Å². The molecule has 0 aliphatic rings. The van der Waals surface area contributed by atoms with Crippen molar-refractivity contribution in [2.75, 3.05) is 5.32 Å². The largest absolute Gasteiger partial charge is 0.350 e. The minimum Gasteiger partial charge on any atom is -0.350 e. The van der Waals surface area contributed by atoms with Crippen LogP contribution in [0.5, 0.6) is 0 Å². The molecule has 4 aromatic rings. The Morgan fingerprint density at radius 1 is 1.15 bits per heavy atom. The summed E-state index contributed by atoms with van der Waals surface area (Å²) in [6.45, 7) is 2.52. The van der Waals surface area contributed by atoms with Crippen LogP contribution >= 0.6 is 15.9 Å². The Bertz CT molecular complexity index is 1080. The van der Waals surface area contributed by atoms with E-state index in [4.69, 9.17) is 0 Å². The van der Waals surface area contributed by atoms with E-state index in [2.05, 4.69) is 31.3 Å². The van der Waals surface area contributed by atoms with E-state index >= 15 is 0 Å². The molecule has 2 N–H and O–H groups in total. The van der Waals surface area contributed by atoms with E-state index in [1.165, 1.54) is 0 Å². The van der Waals surface area contributed by atoms with E-state index in [1.807, 2.05) is 72.3 Å². The molecule has 0 aliphatic heterocycles. The Balaban J connectivity index is 1.59. The molecule has 5 nitrogen and oxygen atoms in total. The lowest BCUT2D eigenvalue weighted by Gasteiger charge is -2.08. The average Bonchev–Trinajstić information content (AvgIpc) is 3.19. The van der Waals surface area contributed by atoms with Crippen LogP contribution in [0.25, 0.3) is 10.9 Å². The van der Waals surface area contributed by atoms with Crippen molar-refractivity contribution in [3.05, 3.63) is 82.1 Å². The van der Waals surface area contributed by atoms with Crippen LogP contribution in [0, 0.1) is 6.92 Å². The lowest BCUT2D eigenvalue weighted by atomic mass is 10.2. The topological polar surface area (TPSA) is 62.7 Å². The fourth-order valence-corrected chi connectivity index (χ4v) is 3.29. The summed E-state index contributed by atoms with van der Waals surface area (Å²) < 4.78 is 2.78. The predicted octanol–water partition coefficient (Wildman–Crippen LogP) is 4.74. The molecule has 0 aliphatic carbocycles. The second-order valence-electron chi connectivity index (χ2n) is 6.18. The number of carbonyl (C=O) groups is 1. The van der Waals surface area contributed by atoms with Crippen molar-refractivity contribution >= 4 is 38.6 Å². The van der Waals surface area contributed by atoms with Gasteiger partial charge in [-0.1, -0.05) is 52.3 Å². The zero-order chi connectivity index (χ0) is 18.1. The van der Waals surface area contributed by atoms with Crippen molar-refractivity contribution in [1.82, 2.24) is 14.8 Å². The van der Waals surface area contributed by atoms with E-state index in [9.17, 15) is 4.79 Å². The van der Waals surface area contributed by atoms with Crippen LogP contribution in [-0.2, 0) is 6.54 Å². The van der Waals surface area contributed by atoms with Crippen molar-refractivity contribution in [1.29, 1.82) is 0 Å². The molecule has 0 saturated heterocycles. The molecule has 0 atom stereocenters. The summed E-state index contributed by atoms with van der Waals surface area (Å²) in [5.41, 5.74) is 3.42. The van der Waals surface area contributed by atoms with Crippen LogP contribution in [0.4, 0.5) is 5.82 Å². The number of amides is 1. The Morgan fingerprint density at radius 3 is 2.77 bits per heavy atom. The number of carbonyl (C=O) groups excluding carboxylic acids is 1. The molecule has 1 amide bonds. The van der Waals surface area contributed by atoms with Gasteiger partial charge in [0.05, 0.1) is 12.2 Å². The highest BCUT2D eigenvalue weighted by Crippen LogP contribution is 2.21. The normalized spacial score (nSPS) is 11.0. The lowest BCUT2D eigenvalue weighted by molar-refractivity contribution is 0.102. The monoisotopic (exact) mass is 408 g/mol. The molecule has 2 aromatic carbocycles. The van der Waals surface area contributed by atoms with Crippen molar-refractivity contribution in [2.24, 2.45) is 0 Å². The maximum atomic E-state index is 12.7. The standard InChI is InChI=1S/C20H17BrN4O/c1-13-9-19(25(24-13)12-14-5-3-2-4-6-14)23-20(26)18-10-15-7-8-16(21)11-17(15)22-18/h2-11,22H,12H2,1H3,(H,23,26). The molecule has 0 unspecified atom stereocenters. The minimum absolute atomic E-state index is 0.188. The number of nitrogens with one attached hydrogen (secondary N) is 2. The van der Waals surface area contributed by atoms with Gasteiger partial charge in [-0.15, -0.1) is 0 Å². The Morgan fingerprint density at radius 2 is 1.96 bits per heavy atom. The molecule has 0 spiro atoms. The van der Waals surface area contributed by atoms with Gasteiger partial charge in [-0.05, 0) is 30.7 Å². The number of hydrogen-bond acceptors (Lipinski definition) is 2. The maximum Gasteiger partial charge on any atom is 0.273 e. The van der Waals surface area contributed by atoms with Crippen LogP contribution in [0.2, 0.25) is 0 Å². The number of aromatic nitrogens is 3. The Kier molecular flexibility index (Phi) is 4.34. The molecular formula is C20H17BrN4O. The summed E-state index contributed by atoms with van der Waals surface area (Å²) in [6, 6.07) is 19.6. The van der Waals surface area contributed by atoms with Crippen LogP contribution < -0.4 is 5.32 Å². The summed E-state index contributed by atoms with van der Waals surface area (Å²) in [6.07, 6.45) is 0. The van der Waals surface area contributed by atoms with E-state index < -0.39 is 0 Å². The summed E-state index contributed by atoms with van der Waals surface area (Å²) in [4.78, 5) is 15.8. The van der Waals surface area contributed by atoms with E-state index in [-0.39, 0.29) is 5.91 Å².